The van der Waals surface area contributed by atoms with Crippen molar-refractivity contribution < 1.29 is 24.2 Å². The molecule has 0 spiro atoms. The maximum Gasteiger partial charge on any atom is 0.349 e. The van der Waals surface area contributed by atoms with Gasteiger partial charge in [0.05, 0.1) is 5.69 Å². The van der Waals surface area contributed by atoms with Crippen LogP contribution in [0.5, 0.6) is 11.5 Å². The highest BCUT2D eigenvalue weighted by Crippen LogP contribution is 2.44. The van der Waals surface area contributed by atoms with Crippen LogP contribution in [0.4, 0.5) is 5.13 Å². The molecular weight excluding hydrogens is 328 g/mol. The van der Waals surface area contributed by atoms with E-state index in [1.54, 1.807) is 0 Å². The Morgan fingerprint density at radius 1 is 1.14 bits per heavy atom. The van der Waals surface area contributed by atoms with E-state index < -0.39 is 11.9 Å². The minimum Gasteiger partial charge on any atom is -0.484 e. The number of carboxylic acids is 1. The molecule has 2 N–H and O–H groups in total. The zero-order chi connectivity index (χ0) is 15.9. The first kappa shape index (κ1) is 14.8. The molecule has 0 unspecified atom stereocenters. The number of fused-ring (bicyclic) bond motifs is 1. The summed E-state index contributed by atoms with van der Waals surface area (Å²) in [6.07, 6.45) is 0. The van der Waals surface area contributed by atoms with Crippen molar-refractivity contribution >= 4 is 39.7 Å². The molecule has 0 radical (unpaired) electrons. The molecule has 2 aromatic rings. The van der Waals surface area contributed by atoms with Crippen LogP contribution in [0.2, 0.25) is 0 Å². The van der Waals surface area contributed by atoms with Gasteiger partial charge in [-0.15, -0.1) is 22.7 Å². The molecule has 2 aromatic heterocycles. The largest absolute Gasteiger partial charge is 0.484 e. The Kier molecular flexibility index (Phi) is 3.75. The molecule has 0 saturated heterocycles. The zero-order valence-electron chi connectivity index (χ0n) is 11.8. The number of thiazole rings is 1. The molecule has 0 aromatic carbocycles. The van der Waals surface area contributed by atoms with Gasteiger partial charge in [-0.3, -0.25) is 10.1 Å². The van der Waals surface area contributed by atoms with E-state index >= 15 is 0 Å². The summed E-state index contributed by atoms with van der Waals surface area (Å²) in [6, 6.07) is 0. The molecule has 1 amide bonds. The van der Waals surface area contributed by atoms with Crippen LogP contribution >= 0.6 is 22.7 Å². The Labute approximate surface area is 133 Å². The van der Waals surface area contributed by atoms with Crippen LogP contribution in [0.25, 0.3) is 0 Å². The molecule has 3 rings (SSSR count). The number of rotatable bonds is 3. The van der Waals surface area contributed by atoms with Gasteiger partial charge in [-0.1, -0.05) is 0 Å². The smallest absolute Gasteiger partial charge is 0.349 e. The lowest BCUT2D eigenvalue weighted by Gasteiger charge is -2.16. The number of aromatic carboxylic acids is 1. The summed E-state index contributed by atoms with van der Waals surface area (Å²) in [4.78, 5) is 29.0. The van der Waals surface area contributed by atoms with Gasteiger partial charge in [0.15, 0.2) is 21.5 Å². The van der Waals surface area contributed by atoms with Crippen molar-refractivity contribution in [1.82, 2.24) is 4.98 Å². The molecule has 3 heterocycles. The molecule has 0 bridgehead atoms. The Morgan fingerprint density at radius 2 is 1.77 bits per heavy atom. The SMILES string of the molecule is Cc1nc(NC(=O)c2sc(C(=O)O)c3c2OCCO3)sc1C. The van der Waals surface area contributed by atoms with Gasteiger partial charge in [0.1, 0.15) is 18.1 Å². The van der Waals surface area contributed by atoms with Crippen LogP contribution in [-0.4, -0.2) is 35.2 Å². The Hall–Kier alpha value is -2.13. The summed E-state index contributed by atoms with van der Waals surface area (Å²) in [5, 5.41) is 12.3. The highest BCUT2D eigenvalue weighted by atomic mass is 32.1. The Bertz CT molecular complexity index is 745. The summed E-state index contributed by atoms with van der Waals surface area (Å²) >= 11 is 2.20. The van der Waals surface area contributed by atoms with Gasteiger partial charge in [0.25, 0.3) is 5.91 Å². The lowest BCUT2D eigenvalue weighted by Crippen LogP contribution is -2.18. The molecule has 1 aliphatic rings. The molecule has 7 nitrogen and oxygen atoms in total. The summed E-state index contributed by atoms with van der Waals surface area (Å²) in [6.45, 7) is 4.30. The maximum absolute atomic E-state index is 12.4. The summed E-state index contributed by atoms with van der Waals surface area (Å²) < 4.78 is 10.7. The maximum atomic E-state index is 12.4. The standard InChI is InChI=1S/C13H12N2O5S2/c1-5-6(2)21-13(14-5)15-11(16)9-7-8(20-4-3-19-7)10(22-9)12(17)18/h3-4H2,1-2H3,(H,17,18)(H,14,15,16). The monoisotopic (exact) mass is 340 g/mol. The minimum atomic E-state index is -1.15. The van der Waals surface area contributed by atoms with Crippen LogP contribution in [-0.2, 0) is 0 Å². The molecule has 22 heavy (non-hydrogen) atoms. The van der Waals surface area contributed by atoms with E-state index in [-0.39, 0.29) is 34.5 Å². The number of ether oxygens (including phenoxy) is 2. The molecule has 9 heteroatoms. The number of hydrogen-bond acceptors (Lipinski definition) is 7. The van der Waals surface area contributed by atoms with Gasteiger partial charge in [-0.2, -0.15) is 0 Å². The minimum absolute atomic E-state index is 0.0358. The second-order valence-electron chi connectivity index (χ2n) is 4.54. The van der Waals surface area contributed by atoms with Gasteiger partial charge in [0, 0.05) is 4.88 Å². The van der Waals surface area contributed by atoms with Crippen LogP contribution in [0.1, 0.15) is 29.9 Å². The van der Waals surface area contributed by atoms with Crippen LogP contribution in [0, 0.1) is 13.8 Å². The number of anilines is 1. The van der Waals surface area contributed by atoms with E-state index in [0.717, 1.165) is 21.9 Å². The van der Waals surface area contributed by atoms with Crippen molar-refractivity contribution in [2.45, 2.75) is 13.8 Å². The first-order chi connectivity index (χ1) is 10.5. The van der Waals surface area contributed by atoms with Crippen LogP contribution < -0.4 is 14.8 Å². The fraction of sp³-hybridized carbons (Fsp3) is 0.308. The fourth-order valence-corrected chi connectivity index (χ4v) is 3.65. The average molecular weight is 340 g/mol. The van der Waals surface area contributed by atoms with Crippen molar-refractivity contribution in [2.24, 2.45) is 0 Å². The van der Waals surface area contributed by atoms with Crippen molar-refractivity contribution in [3.05, 3.63) is 20.3 Å². The second-order valence-corrected chi connectivity index (χ2v) is 6.76. The first-order valence-corrected chi connectivity index (χ1v) is 8.01. The third kappa shape index (κ3) is 2.53. The lowest BCUT2D eigenvalue weighted by molar-refractivity contribution is 0.0692. The summed E-state index contributed by atoms with van der Waals surface area (Å²) in [5.74, 6) is -1.28. The fourth-order valence-electron chi connectivity index (χ4n) is 1.92. The molecule has 0 fully saturated rings. The van der Waals surface area contributed by atoms with Crippen LogP contribution in [0.3, 0.4) is 0 Å². The van der Waals surface area contributed by atoms with Gasteiger partial charge >= 0.3 is 5.97 Å². The number of amides is 1. The predicted octanol–water partition coefficient (Wildman–Crippen LogP) is 2.54. The number of nitrogens with zero attached hydrogens (tertiary/aromatic N) is 1. The molecule has 1 aliphatic heterocycles. The topological polar surface area (TPSA) is 97.8 Å². The third-order valence-electron chi connectivity index (χ3n) is 3.05. The van der Waals surface area contributed by atoms with E-state index in [9.17, 15) is 14.7 Å². The number of carbonyl (C=O) groups is 2. The number of nitrogens with one attached hydrogen (secondary N) is 1. The van der Waals surface area contributed by atoms with Crippen molar-refractivity contribution in [3.8, 4) is 11.5 Å². The highest BCUT2D eigenvalue weighted by molar-refractivity contribution is 7.17. The van der Waals surface area contributed by atoms with Gasteiger partial charge in [-0.05, 0) is 13.8 Å². The van der Waals surface area contributed by atoms with Crippen molar-refractivity contribution in [1.29, 1.82) is 0 Å². The third-order valence-corrected chi connectivity index (χ3v) is 5.18. The number of aromatic nitrogens is 1. The quantitative estimate of drug-likeness (QED) is 0.891. The predicted molar refractivity (Wildman–Crippen MR) is 81.8 cm³/mol. The first-order valence-electron chi connectivity index (χ1n) is 6.38. The summed E-state index contributed by atoms with van der Waals surface area (Å²) in [7, 11) is 0. The van der Waals surface area contributed by atoms with Crippen molar-refractivity contribution in [3.63, 3.8) is 0 Å². The number of carboxylic acid groups (broad SMARTS) is 1. The van der Waals surface area contributed by atoms with E-state index in [4.69, 9.17) is 9.47 Å². The van der Waals surface area contributed by atoms with Crippen LogP contribution in [0.15, 0.2) is 0 Å². The van der Waals surface area contributed by atoms with E-state index in [2.05, 4.69) is 10.3 Å². The number of aryl methyl sites for hydroxylation is 2. The van der Waals surface area contributed by atoms with E-state index in [1.807, 2.05) is 13.8 Å². The molecule has 0 saturated carbocycles. The normalized spacial score (nSPS) is 13.0. The van der Waals surface area contributed by atoms with Gasteiger partial charge in [-0.25, -0.2) is 9.78 Å². The Balaban J connectivity index is 1.93. The number of carbonyl (C=O) groups excluding carboxylic acids is 1. The highest BCUT2D eigenvalue weighted by Gasteiger charge is 2.31. The molecule has 116 valence electrons. The van der Waals surface area contributed by atoms with E-state index in [1.165, 1.54) is 11.3 Å². The Morgan fingerprint density at radius 3 is 2.32 bits per heavy atom. The average Bonchev–Trinajstić information content (AvgIpc) is 3.00. The molecule has 0 aliphatic carbocycles. The number of thiophene rings is 1. The van der Waals surface area contributed by atoms with E-state index in [0.29, 0.717) is 5.13 Å². The van der Waals surface area contributed by atoms with Gasteiger partial charge < -0.3 is 14.6 Å². The lowest BCUT2D eigenvalue weighted by atomic mass is 10.3. The molecular formula is C13H12N2O5S2. The van der Waals surface area contributed by atoms with Crippen molar-refractivity contribution in [2.75, 3.05) is 18.5 Å². The van der Waals surface area contributed by atoms with Gasteiger partial charge in [0.2, 0.25) is 0 Å². The number of hydrogen-bond donors (Lipinski definition) is 2. The molecule has 0 atom stereocenters. The zero-order valence-corrected chi connectivity index (χ0v) is 13.4. The second kappa shape index (κ2) is 5.58. The summed E-state index contributed by atoms with van der Waals surface area (Å²) in [5.41, 5.74) is 0.847.